The van der Waals surface area contributed by atoms with Gasteiger partial charge in [0.05, 0.1) is 0 Å². The van der Waals surface area contributed by atoms with Crippen molar-refractivity contribution in [2.75, 3.05) is 20.2 Å². The van der Waals surface area contributed by atoms with Crippen molar-refractivity contribution in [1.82, 2.24) is 4.48 Å². The Morgan fingerprint density at radius 1 is 1.17 bits per heavy atom. The van der Waals surface area contributed by atoms with E-state index in [0.29, 0.717) is 11.0 Å². The van der Waals surface area contributed by atoms with Crippen LogP contribution in [0.2, 0.25) is 5.02 Å². The van der Waals surface area contributed by atoms with E-state index in [0.717, 1.165) is 33.8 Å². The Balaban J connectivity index is 0.00000167. The molecule has 4 nitrogen and oxygen atoms in total. The average Bonchev–Trinajstić information content (AvgIpc) is 3.13. The van der Waals surface area contributed by atoms with E-state index in [1.807, 2.05) is 32.0 Å². The predicted molar refractivity (Wildman–Crippen MR) is 150 cm³/mol. The van der Waals surface area contributed by atoms with Crippen LogP contribution >= 0.6 is 11.6 Å². The Hall–Kier alpha value is -2.17. The number of rotatable bonds is 6. The molecule has 4 rings (SSSR count). The summed E-state index contributed by atoms with van der Waals surface area (Å²) < 4.78 is 11.1. The first kappa shape index (κ1) is 27.4. The Morgan fingerprint density at radius 3 is 2.51 bits per heavy atom. The molecule has 0 radical (unpaired) electrons. The van der Waals surface area contributed by atoms with Crippen molar-refractivity contribution < 1.29 is 14.1 Å². The molecule has 1 unspecified atom stereocenters. The van der Waals surface area contributed by atoms with Crippen molar-refractivity contribution in [2.45, 2.75) is 41.5 Å². The number of pyridine rings is 1. The number of benzene rings is 2. The molecule has 1 aliphatic heterocycles. The monoisotopic (exact) mass is 560 g/mol. The van der Waals surface area contributed by atoms with E-state index in [2.05, 4.69) is 68.9 Å². The number of Topliss-reactive ketones (excluding diaryl/α,β-unsaturated/α-hetero) is 1. The summed E-state index contributed by atoms with van der Waals surface area (Å²) in [7, 11) is 3.76. The number of aromatic nitrogens is 1. The molecule has 0 fully saturated rings. The second-order valence-corrected chi connectivity index (χ2v) is 12.0. The van der Waals surface area contributed by atoms with Crippen molar-refractivity contribution in [1.29, 1.82) is 0 Å². The molecule has 1 atom stereocenters. The van der Waals surface area contributed by atoms with E-state index in [1.54, 1.807) is 14.0 Å². The summed E-state index contributed by atoms with van der Waals surface area (Å²) in [5.41, 5.74) is 3.09. The quantitative estimate of drug-likeness (QED) is 0.222. The average molecular weight is 560 g/mol. The number of carbonyl (C=O) groups excluding carboxylic acids is 1. The number of halogens is 1. The second kappa shape index (κ2) is 10.8. The molecule has 1 aromatic heterocycles. The minimum atomic E-state index is -0.454. The van der Waals surface area contributed by atoms with Crippen LogP contribution in [0.5, 0.6) is 5.75 Å². The fraction of sp³-hybridized carbons (Fsp3) is 0.379. The molecule has 186 valence electrons. The summed E-state index contributed by atoms with van der Waals surface area (Å²) >= 11 is 6.52. The Kier molecular flexibility index (Phi) is 8.49. The zero-order chi connectivity index (χ0) is 26.0. The van der Waals surface area contributed by atoms with E-state index < -0.39 is 5.41 Å². The van der Waals surface area contributed by atoms with Gasteiger partial charge in [0.15, 0.2) is 0 Å². The first-order chi connectivity index (χ1) is 16.6. The van der Waals surface area contributed by atoms with Crippen molar-refractivity contribution in [3.8, 4) is 5.75 Å². The number of hydrogen-bond acceptors (Lipinski definition) is 2. The molecule has 2 aromatic carbocycles. The number of hydrogen-bond donors (Lipinski definition) is 0. The molecule has 0 bridgehead atoms. The van der Waals surface area contributed by atoms with Crippen LogP contribution in [0.1, 0.15) is 47.1 Å². The molecule has 2 heterocycles. The van der Waals surface area contributed by atoms with Gasteiger partial charge in [0.2, 0.25) is 0 Å². The van der Waals surface area contributed by atoms with Crippen LogP contribution in [0.15, 0.2) is 53.3 Å². The Morgan fingerprint density at radius 2 is 1.89 bits per heavy atom. The van der Waals surface area contributed by atoms with Gasteiger partial charge in [-0.15, -0.1) is 0 Å². The van der Waals surface area contributed by atoms with Gasteiger partial charge in [0, 0.05) is 0 Å². The molecule has 0 spiro atoms. The third-order valence-corrected chi connectivity index (χ3v) is 9.67. The number of ketones is 1. The summed E-state index contributed by atoms with van der Waals surface area (Å²) in [5.74, 6) is 1.06. The minimum absolute atomic E-state index is 0.132. The number of aryl methyl sites for hydroxylation is 1. The first-order valence-electron chi connectivity index (χ1n) is 12.2. The zero-order valence-electron chi connectivity index (χ0n) is 22.1. The van der Waals surface area contributed by atoms with Crippen molar-refractivity contribution >= 4 is 59.5 Å². The van der Waals surface area contributed by atoms with Crippen molar-refractivity contribution in [3.05, 3.63) is 63.8 Å². The number of nitrogens with zero attached hydrogens (tertiary/aromatic N) is 2. The molecule has 0 N–H and O–H groups in total. The Bertz CT molecular complexity index is 1290. The third kappa shape index (κ3) is 5.20. The standard InChI is InChI=1S/C27H31ClN2O2Se.C2H6/c1-7-30(17-27(3,4)18(2)31)24-16-21(32-6)9-11-25(24)33-26(30)14-19-12-13-29(5)23-10-8-20(28)15-22(19)23;1-2/h8-16H,7,17H2,1-6H3;1-2H3/q+2;/b26-14-;. The van der Waals surface area contributed by atoms with E-state index >= 15 is 0 Å². The van der Waals surface area contributed by atoms with Crippen LogP contribution in [0.4, 0.5) is 5.69 Å². The molecular formula is C29H37ClN2O2Se+2. The predicted octanol–water partition coefficient (Wildman–Crippen LogP) is 5.64. The van der Waals surface area contributed by atoms with Gasteiger partial charge in [-0.25, -0.2) is 0 Å². The molecule has 3 aromatic rings. The fourth-order valence-corrected chi connectivity index (χ4v) is 7.58. The van der Waals surface area contributed by atoms with Crippen LogP contribution in [-0.2, 0) is 11.8 Å². The summed E-state index contributed by atoms with van der Waals surface area (Å²) in [6.07, 6.45) is 4.44. The van der Waals surface area contributed by atoms with Crippen LogP contribution in [0.25, 0.3) is 17.0 Å². The van der Waals surface area contributed by atoms with Gasteiger partial charge in [-0.2, -0.15) is 0 Å². The van der Waals surface area contributed by atoms with Gasteiger partial charge in [0.25, 0.3) is 0 Å². The van der Waals surface area contributed by atoms with E-state index in [4.69, 9.17) is 16.3 Å². The van der Waals surface area contributed by atoms with Gasteiger partial charge in [-0.1, -0.05) is 13.8 Å². The molecule has 0 saturated heterocycles. The van der Waals surface area contributed by atoms with Gasteiger partial charge in [-0.05, 0) is 0 Å². The third-order valence-electron chi connectivity index (χ3n) is 6.83. The molecule has 6 heteroatoms. The SMILES string of the molecule is CC.CC[N+]1(CC(C)(C)C(C)=O)/C(=C/c2cc[n+](C)c3ccc(Cl)cc23)[Se]c2ccc(OC)cc21. The molecule has 0 aliphatic carbocycles. The summed E-state index contributed by atoms with van der Waals surface area (Å²) in [6.45, 7) is 13.6. The molecule has 0 amide bonds. The first-order valence-corrected chi connectivity index (χ1v) is 14.2. The number of quaternary nitrogens is 1. The number of ether oxygens (including phenoxy) is 1. The summed E-state index contributed by atoms with van der Waals surface area (Å²) in [4.78, 5) is 12.6. The van der Waals surface area contributed by atoms with Gasteiger partial charge in [-0.3, -0.25) is 0 Å². The van der Waals surface area contributed by atoms with Crippen molar-refractivity contribution in [3.63, 3.8) is 0 Å². The van der Waals surface area contributed by atoms with Crippen LogP contribution in [0.3, 0.4) is 0 Å². The van der Waals surface area contributed by atoms with Crippen LogP contribution in [0, 0.1) is 5.41 Å². The Labute approximate surface area is 221 Å². The van der Waals surface area contributed by atoms with E-state index in [9.17, 15) is 4.79 Å². The van der Waals surface area contributed by atoms with Gasteiger partial charge in [0.1, 0.15) is 0 Å². The van der Waals surface area contributed by atoms with Crippen LogP contribution in [-0.4, -0.2) is 40.9 Å². The molecular weight excluding hydrogens is 523 g/mol. The maximum absolute atomic E-state index is 12.6. The number of carbonyl (C=O) groups is 1. The zero-order valence-corrected chi connectivity index (χ0v) is 24.6. The molecule has 35 heavy (non-hydrogen) atoms. The van der Waals surface area contributed by atoms with Crippen molar-refractivity contribution in [2.24, 2.45) is 12.5 Å². The number of methoxy groups -OCH3 is 1. The van der Waals surface area contributed by atoms with Gasteiger partial charge >= 0.3 is 208 Å². The summed E-state index contributed by atoms with van der Waals surface area (Å²) in [6, 6.07) is 14.6. The number of fused-ring (bicyclic) bond motifs is 2. The topological polar surface area (TPSA) is 30.2 Å². The summed E-state index contributed by atoms with van der Waals surface area (Å²) in [5, 5.41) is 1.86. The molecule has 1 aliphatic rings. The normalized spacial score (nSPS) is 18.3. The van der Waals surface area contributed by atoms with E-state index in [1.165, 1.54) is 14.7 Å². The van der Waals surface area contributed by atoms with Crippen LogP contribution < -0.4 is 18.2 Å². The fourth-order valence-electron chi connectivity index (χ4n) is 4.57. The molecule has 0 saturated carbocycles. The van der Waals surface area contributed by atoms with Gasteiger partial charge < -0.3 is 0 Å². The second-order valence-electron chi connectivity index (χ2n) is 9.34. The maximum atomic E-state index is 12.6. The van der Waals surface area contributed by atoms with E-state index in [-0.39, 0.29) is 20.7 Å².